The Hall–Kier alpha value is -0.0400. The summed E-state index contributed by atoms with van der Waals surface area (Å²) in [6, 6.07) is 0. The molecular weight excluding hydrogens is 146 g/mol. The van der Waals surface area contributed by atoms with Gasteiger partial charge in [-0.3, -0.25) is 0 Å². The summed E-state index contributed by atoms with van der Waals surface area (Å²) >= 11 is 0. The molecule has 0 heterocycles. The Kier molecular flexibility index (Phi) is 5.56. The predicted molar refractivity (Wildman–Crippen MR) is 56.4 cm³/mol. The van der Waals surface area contributed by atoms with Gasteiger partial charge in [0.15, 0.2) is 0 Å². The minimum absolute atomic E-state index is 0.444. The maximum absolute atomic E-state index is 3.49. The topological polar surface area (TPSA) is 12.0 Å². The number of rotatable bonds is 5. The third-order valence-corrected chi connectivity index (χ3v) is 2.64. The van der Waals surface area contributed by atoms with E-state index >= 15 is 0 Å². The fraction of sp³-hybridized carbons (Fsp3) is 1.00. The van der Waals surface area contributed by atoms with Gasteiger partial charge in [0.1, 0.15) is 0 Å². The van der Waals surface area contributed by atoms with E-state index < -0.39 is 0 Å². The second kappa shape index (κ2) is 5.58. The normalized spacial score (nSPS) is 14.8. The van der Waals surface area contributed by atoms with E-state index in [1.807, 2.05) is 0 Å². The Labute approximate surface area is 77.9 Å². The second-order valence-electron chi connectivity index (χ2n) is 4.82. The van der Waals surface area contributed by atoms with Crippen LogP contribution >= 0.6 is 0 Å². The summed E-state index contributed by atoms with van der Waals surface area (Å²) in [5.41, 5.74) is 0.444. The van der Waals surface area contributed by atoms with Crippen LogP contribution in [-0.4, -0.2) is 13.1 Å². The highest BCUT2D eigenvalue weighted by atomic mass is 14.9. The Morgan fingerprint density at radius 3 is 2.25 bits per heavy atom. The van der Waals surface area contributed by atoms with E-state index in [1.54, 1.807) is 0 Å². The summed E-state index contributed by atoms with van der Waals surface area (Å²) in [7, 11) is 0. The third kappa shape index (κ3) is 5.59. The molecule has 0 rings (SSSR count). The van der Waals surface area contributed by atoms with Crippen molar-refractivity contribution in [1.29, 1.82) is 0 Å². The van der Waals surface area contributed by atoms with Gasteiger partial charge < -0.3 is 5.32 Å². The van der Waals surface area contributed by atoms with Gasteiger partial charge >= 0.3 is 0 Å². The molecule has 0 saturated carbocycles. The summed E-state index contributed by atoms with van der Waals surface area (Å²) in [4.78, 5) is 0. The molecule has 1 heteroatoms. The lowest BCUT2D eigenvalue weighted by atomic mass is 9.82. The molecule has 0 aromatic carbocycles. The monoisotopic (exact) mass is 171 g/mol. The van der Waals surface area contributed by atoms with Crippen LogP contribution in [0.5, 0.6) is 0 Å². The van der Waals surface area contributed by atoms with Crippen LogP contribution < -0.4 is 5.32 Å². The van der Waals surface area contributed by atoms with Gasteiger partial charge in [0.05, 0.1) is 0 Å². The van der Waals surface area contributed by atoms with Crippen LogP contribution in [0.25, 0.3) is 0 Å². The van der Waals surface area contributed by atoms with Gasteiger partial charge in [-0.25, -0.2) is 0 Å². The molecule has 0 fully saturated rings. The Morgan fingerprint density at radius 2 is 1.83 bits per heavy atom. The van der Waals surface area contributed by atoms with E-state index in [-0.39, 0.29) is 0 Å². The molecule has 0 spiro atoms. The van der Waals surface area contributed by atoms with Gasteiger partial charge in [0.2, 0.25) is 0 Å². The standard InChI is InChI=1S/C11H25N/c1-6-7-8-12-9-10(2)11(3,4)5/h10,12H,6-9H2,1-5H3. The highest BCUT2D eigenvalue weighted by molar-refractivity contribution is 4.71. The summed E-state index contributed by atoms with van der Waals surface area (Å²) in [6.07, 6.45) is 2.59. The average Bonchev–Trinajstić information content (AvgIpc) is 1.96. The van der Waals surface area contributed by atoms with Crippen LogP contribution in [0.1, 0.15) is 47.5 Å². The van der Waals surface area contributed by atoms with Crippen LogP contribution in [-0.2, 0) is 0 Å². The molecule has 1 atom stereocenters. The van der Waals surface area contributed by atoms with Gasteiger partial charge in [-0.2, -0.15) is 0 Å². The van der Waals surface area contributed by atoms with Gasteiger partial charge in [0.25, 0.3) is 0 Å². The van der Waals surface area contributed by atoms with Crippen molar-refractivity contribution in [3.05, 3.63) is 0 Å². The number of hydrogen-bond donors (Lipinski definition) is 1. The van der Waals surface area contributed by atoms with Crippen molar-refractivity contribution < 1.29 is 0 Å². The van der Waals surface area contributed by atoms with Gasteiger partial charge in [-0.15, -0.1) is 0 Å². The zero-order valence-corrected chi connectivity index (χ0v) is 9.41. The van der Waals surface area contributed by atoms with Crippen molar-refractivity contribution in [1.82, 2.24) is 5.32 Å². The first kappa shape index (κ1) is 12.0. The van der Waals surface area contributed by atoms with E-state index in [0.717, 1.165) is 12.5 Å². The Bertz CT molecular complexity index is 102. The van der Waals surface area contributed by atoms with Crippen LogP contribution in [0.3, 0.4) is 0 Å². The van der Waals surface area contributed by atoms with Crippen molar-refractivity contribution in [2.45, 2.75) is 47.5 Å². The molecule has 1 unspecified atom stereocenters. The highest BCUT2D eigenvalue weighted by Gasteiger charge is 2.18. The maximum Gasteiger partial charge on any atom is -0.00182 e. The molecule has 0 saturated heterocycles. The summed E-state index contributed by atoms with van der Waals surface area (Å²) in [5.74, 6) is 0.759. The van der Waals surface area contributed by atoms with Crippen LogP contribution in [0.15, 0.2) is 0 Å². The first-order chi connectivity index (χ1) is 5.48. The quantitative estimate of drug-likeness (QED) is 0.627. The zero-order chi connectivity index (χ0) is 9.61. The van der Waals surface area contributed by atoms with Crippen molar-refractivity contribution >= 4 is 0 Å². The molecule has 0 aliphatic carbocycles. The Morgan fingerprint density at radius 1 is 1.25 bits per heavy atom. The smallest absolute Gasteiger partial charge is 0.00182 e. The molecule has 0 aromatic rings. The summed E-state index contributed by atoms with van der Waals surface area (Å²) in [6.45, 7) is 13.8. The van der Waals surface area contributed by atoms with Crippen LogP contribution in [0.2, 0.25) is 0 Å². The molecule has 12 heavy (non-hydrogen) atoms. The highest BCUT2D eigenvalue weighted by Crippen LogP contribution is 2.24. The van der Waals surface area contributed by atoms with Crippen LogP contribution in [0, 0.1) is 11.3 Å². The van der Waals surface area contributed by atoms with E-state index in [0.29, 0.717) is 5.41 Å². The van der Waals surface area contributed by atoms with Gasteiger partial charge in [-0.1, -0.05) is 41.0 Å². The number of unbranched alkanes of at least 4 members (excludes halogenated alkanes) is 1. The second-order valence-corrected chi connectivity index (χ2v) is 4.82. The molecule has 1 nitrogen and oxygen atoms in total. The zero-order valence-electron chi connectivity index (χ0n) is 9.41. The lowest BCUT2D eigenvalue weighted by molar-refractivity contribution is 0.253. The molecular formula is C11H25N. The largest absolute Gasteiger partial charge is 0.316 e. The number of hydrogen-bond acceptors (Lipinski definition) is 1. The van der Waals surface area contributed by atoms with E-state index in [2.05, 4.69) is 39.9 Å². The SMILES string of the molecule is CCCCNCC(C)C(C)(C)C. The molecule has 0 amide bonds. The molecule has 0 aliphatic rings. The lowest BCUT2D eigenvalue weighted by Crippen LogP contribution is -2.30. The van der Waals surface area contributed by atoms with Crippen molar-refractivity contribution in [3.8, 4) is 0 Å². The first-order valence-electron chi connectivity index (χ1n) is 5.19. The van der Waals surface area contributed by atoms with E-state index in [9.17, 15) is 0 Å². The molecule has 1 N–H and O–H groups in total. The predicted octanol–water partition coefficient (Wildman–Crippen LogP) is 3.06. The summed E-state index contributed by atoms with van der Waals surface area (Å²) in [5, 5.41) is 3.49. The lowest BCUT2D eigenvalue weighted by Gasteiger charge is -2.27. The fourth-order valence-corrected chi connectivity index (χ4v) is 0.927. The molecule has 0 aromatic heterocycles. The third-order valence-electron chi connectivity index (χ3n) is 2.64. The van der Waals surface area contributed by atoms with Crippen molar-refractivity contribution in [3.63, 3.8) is 0 Å². The van der Waals surface area contributed by atoms with Crippen LogP contribution in [0.4, 0.5) is 0 Å². The molecule has 74 valence electrons. The average molecular weight is 171 g/mol. The minimum atomic E-state index is 0.444. The van der Waals surface area contributed by atoms with Crippen molar-refractivity contribution in [2.75, 3.05) is 13.1 Å². The molecule has 0 radical (unpaired) electrons. The molecule has 0 bridgehead atoms. The van der Waals surface area contributed by atoms with Gasteiger partial charge in [0, 0.05) is 0 Å². The Balaban J connectivity index is 3.38. The minimum Gasteiger partial charge on any atom is -0.316 e. The molecule has 0 aliphatic heterocycles. The number of nitrogens with one attached hydrogen (secondary N) is 1. The van der Waals surface area contributed by atoms with E-state index in [4.69, 9.17) is 0 Å². The first-order valence-corrected chi connectivity index (χ1v) is 5.19. The fourth-order valence-electron chi connectivity index (χ4n) is 0.927. The van der Waals surface area contributed by atoms with Crippen molar-refractivity contribution in [2.24, 2.45) is 11.3 Å². The van der Waals surface area contributed by atoms with E-state index in [1.165, 1.54) is 19.4 Å². The maximum atomic E-state index is 3.49. The summed E-state index contributed by atoms with van der Waals surface area (Å²) < 4.78 is 0. The van der Waals surface area contributed by atoms with Gasteiger partial charge in [-0.05, 0) is 30.8 Å².